The Morgan fingerprint density at radius 1 is 1.32 bits per heavy atom. The molecule has 2 unspecified atom stereocenters. The summed E-state index contributed by atoms with van der Waals surface area (Å²) < 4.78 is 0.972. The van der Waals surface area contributed by atoms with Crippen LogP contribution in [-0.2, 0) is 0 Å². The number of anilines is 1. The summed E-state index contributed by atoms with van der Waals surface area (Å²) in [6.45, 7) is 4.21. The normalized spacial score (nSPS) is 22.9. The van der Waals surface area contributed by atoms with E-state index in [0.717, 1.165) is 22.1 Å². The Morgan fingerprint density at radius 2 is 2.05 bits per heavy atom. The van der Waals surface area contributed by atoms with Crippen LogP contribution in [0.1, 0.15) is 38.2 Å². The molecule has 2 rings (SSSR count). The molecule has 104 valence electrons. The molecule has 0 bridgehead atoms. The van der Waals surface area contributed by atoms with Gasteiger partial charge in [0, 0.05) is 16.2 Å². The second-order valence-corrected chi connectivity index (χ2v) is 6.34. The molecule has 0 heterocycles. The highest BCUT2D eigenvalue weighted by atomic mass is 79.9. The van der Waals surface area contributed by atoms with Crippen LogP contribution in [0.15, 0.2) is 22.7 Å². The van der Waals surface area contributed by atoms with Gasteiger partial charge in [0.1, 0.15) is 0 Å². The number of benzene rings is 1. The van der Waals surface area contributed by atoms with E-state index in [2.05, 4.69) is 33.5 Å². The lowest BCUT2D eigenvalue weighted by Gasteiger charge is -2.29. The minimum absolute atomic E-state index is 0.0973. The Hall–Kier alpha value is -1.03. The van der Waals surface area contributed by atoms with Crippen molar-refractivity contribution in [3.63, 3.8) is 0 Å². The highest BCUT2D eigenvalue weighted by Gasteiger charge is 2.22. The van der Waals surface area contributed by atoms with Crippen LogP contribution in [0.4, 0.5) is 10.5 Å². The molecule has 0 spiro atoms. The monoisotopic (exact) mass is 324 g/mol. The first-order valence-corrected chi connectivity index (χ1v) is 7.69. The smallest absolute Gasteiger partial charge is 0.319 e. The molecule has 19 heavy (non-hydrogen) atoms. The molecule has 2 atom stereocenters. The first-order valence-electron chi connectivity index (χ1n) is 6.90. The van der Waals surface area contributed by atoms with E-state index in [-0.39, 0.29) is 6.03 Å². The van der Waals surface area contributed by atoms with E-state index in [1.54, 1.807) is 0 Å². The molecule has 4 heteroatoms. The second-order valence-electron chi connectivity index (χ2n) is 5.43. The second kappa shape index (κ2) is 6.42. The number of carbonyl (C=O) groups is 1. The average molecular weight is 325 g/mol. The van der Waals surface area contributed by atoms with Crippen LogP contribution in [-0.4, -0.2) is 12.1 Å². The number of hydrogen-bond donors (Lipinski definition) is 2. The van der Waals surface area contributed by atoms with Gasteiger partial charge in [-0.3, -0.25) is 0 Å². The number of halogens is 1. The zero-order valence-corrected chi connectivity index (χ0v) is 13.1. The summed E-state index contributed by atoms with van der Waals surface area (Å²) >= 11 is 3.42. The van der Waals surface area contributed by atoms with Crippen molar-refractivity contribution in [3.8, 4) is 0 Å². The van der Waals surface area contributed by atoms with Crippen molar-refractivity contribution >= 4 is 27.6 Å². The van der Waals surface area contributed by atoms with Gasteiger partial charge in [-0.2, -0.15) is 0 Å². The van der Waals surface area contributed by atoms with Crippen molar-refractivity contribution in [2.75, 3.05) is 5.32 Å². The van der Waals surface area contributed by atoms with Crippen molar-refractivity contribution in [2.45, 2.75) is 45.6 Å². The predicted molar refractivity (Wildman–Crippen MR) is 82.5 cm³/mol. The number of rotatable bonds is 2. The number of carbonyl (C=O) groups excluding carboxylic acids is 1. The first kappa shape index (κ1) is 14.4. The summed E-state index contributed by atoms with van der Waals surface area (Å²) in [6.07, 6.45) is 4.80. The van der Waals surface area contributed by atoms with E-state index in [1.165, 1.54) is 19.3 Å². The minimum Gasteiger partial charge on any atom is -0.335 e. The van der Waals surface area contributed by atoms with Crippen LogP contribution >= 0.6 is 15.9 Å². The van der Waals surface area contributed by atoms with Crippen molar-refractivity contribution in [1.82, 2.24) is 5.32 Å². The fraction of sp³-hybridized carbons (Fsp3) is 0.533. The number of nitrogens with one attached hydrogen (secondary N) is 2. The van der Waals surface area contributed by atoms with Gasteiger partial charge in [0.05, 0.1) is 0 Å². The van der Waals surface area contributed by atoms with Crippen molar-refractivity contribution in [3.05, 3.63) is 28.2 Å². The average Bonchev–Trinajstić information content (AvgIpc) is 2.37. The minimum atomic E-state index is -0.0973. The maximum Gasteiger partial charge on any atom is 0.319 e. The molecular weight excluding hydrogens is 304 g/mol. The summed E-state index contributed by atoms with van der Waals surface area (Å²) in [5.74, 6) is 0.572. The number of amides is 2. The molecule has 1 aliphatic rings. The Kier molecular flexibility index (Phi) is 4.86. The Morgan fingerprint density at radius 3 is 2.79 bits per heavy atom. The van der Waals surface area contributed by atoms with Crippen LogP contribution in [0.5, 0.6) is 0 Å². The Balaban J connectivity index is 1.95. The van der Waals surface area contributed by atoms with Gasteiger partial charge in [0.15, 0.2) is 0 Å². The standard InChI is InChI=1S/C15H21BrN2O/c1-10-5-3-4-6-13(10)17-15(19)18-14-9-12(16)8-7-11(14)2/h7-10,13H,3-6H2,1-2H3,(H2,17,18,19). The van der Waals surface area contributed by atoms with Gasteiger partial charge in [-0.1, -0.05) is 41.8 Å². The highest BCUT2D eigenvalue weighted by molar-refractivity contribution is 9.10. The van der Waals surface area contributed by atoms with Gasteiger partial charge in [-0.15, -0.1) is 0 Å². The van der Waals surface area contributed by atoms with E-state index in [9.17, 15) is 4.79 Å². The number of aryl methyl sites for hydroxylation is 1. The van der Waals surface area contributed by atoms with E-state index in [1.807, 2.05) is 25.1 Å². The SMILES string of the molecule is Cc1ccc(Br)cc1NC(=O)NC1CCCCC1C. The molecule has 0 radical (unpaired) electrons. The van der Waals surface area contributed by atoms with Crippen LogP contribution in [0.25, 0.3) is 0 Å². The van der Waals surface area contributed by atoms with Gasteiger partial charge in [-0.05, 0) is 43.4 Å². The lowest BCUT2D eigenvalue weighted by molar-refractivity contribution is 0.232. The highest BCUT2D eigenvalue weighted by Crippen LogP contribution is 2.24. The summed E-state index contributed by atoms with van der Waals surface area (Å²) in [5, 5.41) is 6.04. The van der Waals surface area contributed by atoms with Gasteiger partial charge in [-0.25, -0.2) is 4.79 Å². The zero-order chi connectivity index (χ0) is 13.8. The Labute approximate surface area is 123 Å². The maximum atomic E-state index is 12.1. The van der Waals surface area contributed by atoms with Gasteiger partial charge in [0.2, 0.25) is 0 Å². The summed E-state index contributed by atoms with van der Waals surface area (Å²) in [6, 6.07) is 6.10. The molecule has 0 aromatic heterocycles. The van der Waals surface area contributed by atoms with E-state index in [4.69, 9.17) is 0 Å². The molecule has 1 fully saturated rings. The van der Waals surface area contributed by atoms with Crippen LogP contribution in [0.3, 0.4) is 0 Å². The molecule has 1 aromatic rings. The molecule has 2 N–H and O–H groups in total. The van der Waals surface area contributed by atoms with Crippen LogP contribution in [0.2, 0.25) is 0 Å². The summed E-state index contributed by atoms with van der Waals surface area (Å²) in [4.78, 5) is 12.1. The molecule has 3 nitrogen and oxygen atoms in total. The third kappa shape index (κ3) is 3.96. The molecular formula is C15H21BrN2O. The summed E-state index contributed by atoms with van der Waals surface area (Å²) in [7, 11) is 0. The molecule has 1 aliphatic carbocycles. The Bertz CT molecular complexity index is 461. The van der Waals surface area contributed by atoms with Gasteiger partial charge in [0.25, 0.3) is 0 Å². The van der Waals surface area contributed by atoms with E-state index < -0.39 is 0 Å². The van der Waals surface area contributed by atoms with Crippen molar-refractivity contribution in [1.29, 1.82) is 0 Å². The predicted octanol–water partition coefficient (Wildman–Crippen LogP) is 4.46. The lowest BCUT2D eigenvalue weighted by atomic mass is 9.86. The fourth-order valence-corrected chi connectivity index (χ4v) is 2.95. The number of hydrogen-bond acceptors (Lipinski definition) is 1. The molecule has 1 saturated carbocycles. The zero-order valence-electron chi connectivity index (χ0n) is 11.5. The fourth-order valence-electron chi connectivity index (χ4n) is 2.59. The van der Waals surface area contributed by atoms with E-state index >= 15 is 0 Å². The van der Waals surface area contributed by atoms with E-state index in [0.29, 0.717) is 12.0 Å². The topological polar surface area (TPSA) is 41.1 Å². The third-order valence-corrected chi connectivity index (χ3v) is 4.37. The molecule has 0 saturated heterocycles. The van der Waals surface area contributed by atoms with Crippen molar-refractivity contribution < 1.29 is 4.79 Å². The van der Waals surface area contributed by atoms with Gasteiger partial charge >= 0.3 is 6.03 Å². The first-order chi connectivity index (χ1) is 9.06. The largest absolute Gasteiger partial charge is 0.335 e. The maximum absolute atomic E-state index is 12.1. The third-order valence-electron chi connectivity index (χ3n) is 3.88. The van der Waals surface area contributed by atoms with Crippen LogP contribution < -0.4 is 10.6 Å². The lowest BCUT2D eigenvalue weighted by Crippen LogP contribution is -2.43. The van der Waals surface area contributed by atoms with Crippen molar-refractivity contribution in [2.24, 2.45) is 5.92 Å². The van der Waals surface area contributed by atoms with Gasteiger partial charge < -0.3 is 10.6 Å². The molecule has 2 amide bonds. The molecule has 1 aromatic carbocycles. The molecule has 0 aliphatic heterocycles. The summed E-state index contributed by atoms with van der Waals surface area (Å²) in [5.41, 5.74) is 1.92. The number of urea groups is 1. The quantitative estimate of drug-likeness (QED) is 0.828. The van der Waals surface area contributed by atoms with Crippen LogP contribution in [0, 0.1) is 12.8 Å².